The summed E-state index contributed by atoms with van der Waals surface area (Å²) in [4.78, 5) is 38.4. The summed E-state index contributed by atoms with van der Waals surface area (Å²) in [5.41, 5.74) is 4.44. The van der Waals surface area contributed by atoms with Crippen LogP contribution >= 0.6 is 38.6 Å². The van der Waals surface area contributed by atoms with Gasteiger partial charge in [-0.2, -0.15) is 0 Å². The highest BCUT2D eigenvalue weighted by Gasteiger charge is 2.20. The number of aromatic nitrogens is 4. The lowest BCUT2D eigenvalue weighted by Gasteiger charge is -1.99. The molecule has 2 aromatic carbocycles. The molecular weight excluding hydrogens is 600 g/mol. The number of fused-ring (bicyclic) bond motifs is 2. The Morgan fingerprint density at radius 3 is 1.92 bits per heavy atom. The van der Waals surface area contributed by atoms with E-state index >= 15 is 0 Å². The maximum atomic E-state index is 11.8. The Morgan fingerprint density at radius 1 is 0.795 bits per heavy atom. The van der Waals surface area contributed by atoms with Gasteiger partial charge in [0.2, 0.25) is 0 Å². The summed E-state index contributed by atoms with van der Waals surface area (Å²) in [7, 11) is 0. The number of hydrogen-bond donors (Lipinski definition) is 2. The summed E-state index contributed by atoms with van der Waals surface area (Å²) in [5, 5.41) is 1.86. The van der Waals surface area contributed by atoms with Gasteiger partial charge in [0, 0.05) is 11.1 Å². The Morgan fingerprint density at radius 2 is 1.36 bits per heavy atom. The molecule has 0 aliphatic carbocycles. The number of thiazole rings is 2. The number of ether oxygens (including phenoxy) is 2. The molecule has 2 N–H and O–H groups in total. The van der Waals surface area contributed by atoms with Crippen LogP contribution in [0.25, 0.3) is 41.8 Å². The van der Waals surface area contributed by atoms with Crippen molar-refractivity contribution in [3.8, 4) is 21.1 Å². The fourth-order valence-corrected chi connectivity index (χ4v) is 6.36. The first-order valence-electron chi connectivity index (χ1n) is 12.1. The molecule has 4 aromatic heterocycles. The van der Waals surface area contributed by atoms with Gasteiger partial charge >= 0.3 is 11.9 Å². The highest BCUT2D eigenvalue weighted by atomic mass is 79.9. The quantitative estimate of drug-likeness (QED) is 0.184. The smallest absolute Gasteiger partial charge is 0.356 e. The molecule has 0 saturated heterocycles. The van der Waals surface area contributed by atoms with Crippen molar-refractivity contribution >= 4 is 71.2 Å². The van der Waals surface area contributed by atoms with Gasteiger partial charge in [0.05, 0.1) is 27.1 Å². The number of nitrogens with zero attached hydrogens (tertiary/aromatic N) is 2. The molecule has 6 rings (SSSR count). The lowest BCUT2D eigenvalue weighted by atomic mass is 10.2. The molecule has 8 nitrogen and oxygen atoms in total. The zero-order valence-corrected chi connectivity index (χ0v) is 24.2. The molecule has 0 saturated carbocycles. The monoisotopic (exact) mass is 622 g/mol. The van der Waals surface area contributed by atoms with E-state index in [2.05, 4.69) is 35.9 Å². The van der Waals surface area contributed by atoms with Crippen LogP contribution in [0.4, 0.5) is 0 Å². The Hall–Kier alpha value is -3.80. The zero-order valence-electron chi connectivity index (χ0n) is 21.0. The maximum Gasteiger partial charge on any atom is 0.356 e. The van der Waals surface area contributed by atoms with Crippen LogP contribution < -0.4 is 0 Å². The van der Waals surface area contributed by atoms with Gasteiger partial charge in [0.1, 0.15) is 27.1 Å². The summed E-state index contributed by atoms with van der Waals surface area (Å²) < 4.78 is 12.5. The number of hydrogen-bond acceptors (Lipinski definition) is 8. The van der Waals surface area contributed by atoms with Gasteiger partial charge in [-0.15, -0.1) is 22.7 Å². The molecule has 0 aliphatic heterocycles. The fraction of sp³-hybridized carbons (Fsp3) is 0.143. The second kappa shape index (κ2) is 11.9. The predicted molar refractivity (Wildman–Crippen MR) is 158 cm³/mol. The minimum Gasteiger partial charge on any atom is -0.461 e. The molecule has 0 aliphatic rings. The second-order valence-electron chi connectivity index (χ2n) is 8.10. The Kier molecular flexibility index (Phi) is 8.20. The number of benzene rings is 2. The molecule has 0 spiro atoms. The van der Waals surface area contributed by atoms with E-state index in [4.69, 9.17) is 9.47 Å². The number of aromatic amines is 2. The molecule has 0 amide bonds. The lowest BCUT2D eigenvalue weighted by Crippen LogP contribution is -2.05. The first-order chi connectivity index (χ1) is 19.0. The van der Waals surface area contributed by atoms with Crippen molar-refractivity contribution in [3.63, 3.8) is 0 Å². The van der Waals surface area contributed by atoms with Gasteiger partial charge in [-0.25, -0.2) is 19.6 Å². The molecule has 0 bridgehead atoms. The van der Waals surface area contributed by atoms with E-state index in [0.717, 1.165) is 36.2 Å². The Balaban J connectivity index is 0.000000158. The molecule has 6 aromatic rings. The molecule has 198 valence electrons. The summed E-state index contributed by atoms with van der Waals surface area (Å²) in [6.45, 7) is 4.28. The highest BCUT2D eigenvalue weighted by Crippen LogP contribution is 2.37. The van der Waals surface area contributed by atoms with Crippen LogP contribution in [0, 0.1) is 0 Å². The molecule has 4 heterocycles. The molecule has 0 atom stereocenters. The third-order valence-corrected chi connectivity index (χ3v) is 8.72. The number of esters is 2. The number of H-pyrrole nitrogens is 2. The molecule has 39 heavy (non-hydrogen) atoms. The highest BCUT2D eigenvalue weighted by molar-refractivity contribution is 9.10. The predicted octanol–water partition coefficient (Wildman–Crippen LogP) is 7.70. The third-order valence-electron chi connectivity index (χ3n) is 5.49. The van der Waals surface area contributed by atoms with Crippen molar-refractivity contribution in [2.75, 3.05) is 13.2 Å². The van der Waals surface area contributed by atoms with Crippen LogP contribution in [0.1, 0.15) is 34.8 Å². The molecule has 11 heteroatoms. The minimum absolute atomic E-state index is 0.339. The van der Waals surface area contributed by atoms with E-state index in [9.17, 15) is 9.59 Å². The number of carbonyl (C=O) groups is 2. The van der Waals surface area contributed by atoms with Crippen LogP contribution in [-0.4, -0.2) is 45.1 Å². The van der Waals surface area contributed by atoms with Crippen molar-refractivity contribution in [1.29, 1.82) is 0 Å². The average molecular weight is 624 g/mol. The normalized spacial score (nSPS) is 10.8. The summed E-state index contributed by atoms with van der Waals surface area (Å²) in [6, 6.07) is 21.7. The number of halogens is 1. The summed E-state index contributed by atoms with van der Waals surface area (Å²) in [5.74, 6) is -0.709. The number of carbonyl (C=O) groups excluding carboxylic acids is 2. The van der Waals surface area contributed by atoms with Crippen molar-refractivity contribution < 1.29 is 19.1 Å². The maximum absolute atomic E-state index is 11.8. The number of nitrogens with one attached hydrogen (secondary N) is 2. The SMILES string of the molecule is CCOC(=O)c1[nH]c2nc(-c3ccccc3)sc2c1Br.CCOC(=O)c1cc2sc(-c3ccccc3)nc2[nH]1. The standard InChI is InChI=1S/C14H11BrN2O2S.C14H12N2O2S/c1-2-19-14(18)10-9(15)11-12(16-10)17-13(20-11)8-6-4-3-5-7-8;1-2-18-14(17)10-8-11-12(15-10)16-13(19-11)9-6-4-3-5-7-9/h3-7,16H,2H2,1H3;3-8,15H,2H2,1H3. The number of rotatable bonds is 6. The van der Waals surface area contributed by atoms with E-state index in [1.165, 1.54) is 11.3 Å². The van der Waals surface area contributed by atoms with Crippen LogP contribution in [0.2, 0.25) is 0 Å². The first kappa shape index (κ1) is 26.8. The largest absolute Gasteiger partial charge is 0.461 e. The molecule has 0 fully saturated rings. The van der Waals surface area contributed by atoms with Gasteiger partial charge in [-0.1, -0.05) is 60.7 Å². The fourth-order valence-electron chi connectivity index (χ4n) is 3.73. The van der Waals surface area contributed by atoms with Gasteiger partial charge in [-0.3, -0.25) is 0 Å². The van der Waals surface area contributed by atoms with E-state index in [1.54, 1.807) is 31.3 Å². The molecule has 0 radical (unpaired) electrons. The van der Waals surface area contributed by atoms with E-state index in [-0.39, 0.29) is 11.9 Å². The lowest BCUT2D eigenvalue weighted by molar-refractivity contribution is 0.0510. The van der Waals surface area contributed by atoms with Crippen molar-refractivity contribution in [3.05, 3.63) is 82.6 Å². The molecule has 0 unspecified atom stereocenters. The van der Waals surface area contributed by atoms with Crippen LogP contribution in [0.3, 0.4) is 0 Å². The van der Waals surface area contributed by atoms with E-state index in [1.807, 2.05) is 60.7 Å². The Bertz CT molecular complexity index is 1710. The topological polar surface area (TPSA) is 110 Å². The first-order valence-corrected chi connectivity index (χ1v) is 14.5. The third kappa shape index (κ3) is 5.80. The van der Waals surface area contributed by atoms with Gasteiger partial charge in [-0.05, 0) is 35.8 Å². The van der Waals surface area contributed by atoms with Gasteiger partial charge in [0.15, 0.2) is 5.65 Å². The van der Waals surface area contributed by atoms with Crippen molar-refractivity contribution in [1.82, 2.24) is 19.9 Å². The van der Waals surface area contributed by atoms with Crippen LogP contribution in [0.15, 0.2) is 71.2 Å². The summed E-state index contributed by atoms with van der Waals surface area (Å²) >= 11 is 6.54. The average Bonchev–Trinajstić information content (AvgIpc) is 3.71. The molecular formula is C28H23BrN4O4S2. The second-order valence-corrected chi connectivity index (χ2v) is 10.9. The van der Waals surface area contributed by atoms with Crippen LogP contribution in [-0.2, 0) is 9.47 Å². The summed E-state index contributed by atoms with van der Waals surface area (Å²) in [6.07, 6.45) is 0. The van der Waals surface area contributed by atoms with E-state index in [0.29, 0.717) is 34.7 Å². The van der Waals surface area contributed by atoms with Crippen molar-refractivity contribution in [2.24, 2.45) is 0 Å². The van der Waals surface area contributed by atoms with Crippen molar-refractivity contribution in [2.45, 2.75) is 13.8 Å². The van der Waals surface area contributed by atoms with E-state index < -0.39 is 0 Å². The zero-order chi connectivity index (χ0) is 27.4. The minimum atomic E-state index is -0.370. The van der Waals surface area contributed by atoms with Crippen LogP contribution in [0.5, 0.6) is 0 Å². The van der Waals surface area contributed by atoms with Gasteiger partial charge < -0.3 is 19.4 Å². The Labute approximate surface area is 240 Å². The van der Waals surface area contributed by atoms with Gasteiger partial charge in [0.25, 0.3) is 0 Å².